The molecular weight excluding hydrogens is 354 g/mol. The molecule has 1 aliphatic carbocycles. The first-order chi connectivity index (χ1) is 13.6. The minimum atomic E-state index is -0.0814. The van der Waals surface area contributed by atoms with Crippen molar-refractivity contribution in [1.82, 2.24) is 24.6 Å². The standard InChI is InChI=1S/C21H23N5O2/c1-13-20-23-19(15-8-9-15)24-26(20)11-10-25(13)18(27)12-17-14(2)28-21(22-17)16-6-4-3-5-7-16/h3-7,13,15H,8-12H2,1-2H3/t13-/m1/s1. The molecule has 3 aromatic rings. The van der Waals surface area contributed by atoms with Crippen molar-refractivity contribution < 1.29 is 9.21 Å². The Morgan fingerprint density at radius 1 is 1.18 bits per heavy atom. The lowest BCUT2D eigenvalue weighted by Gasteiger charge is -2.32. The van der Waals surface area contributed by atoms with Gasteiger partial charge in [0.25, 0.3) is 0 Å². The second kappa shape index (κ2) is 6.58. The fraction of sp³-hybridized carbons (Fsp3) is 0.429. The minimum Gasteiger partial charge on any atom is -0.441 e. The van der Waals surface area contributed by atoms with E-state index >= 15 is 0 Å². The van der Waals surface area contributed by atoms with Crippen molar-refractivity contribution in [3.63, 3.8) is 0 Å². The van der Waals surface area contributed by atoms with Crippen LogP contribution >= 0.6 is 0 Å². The Hall–Kier alpha value is -2.96. The van der Waals surface area contributed by atoms with Crippen LogP contribution in [0.5, 0.6) is 0 Å². The predicted molar refractivity (Wildman–Crippen MR) is 103 cm³/mol. The average molecular weight is 377 g/mol. The summed E-state index contributed by atoms with van der Waals surface area (Å²) >= 11 is 0. The second-order valence-corrected chi connectivity index (χ2v) is 7.65. The lowest BCUT2D eigenvalue weighted by molar-refractivity contribution is -0.133. The Labute approximate surface area is 163 Å². The summed E-state index contributed by atoms with van der Waals surface area (Å²) in [6.07, 6.45) is 2.58. The highest BCUT2D eigenvalue weighted by atomic mass is 16.4. The van der Waals surface area contributed by atoms with Gasteiger partial charge in [-0.1, -0.05) is 18.2 Å². The molecule has 0 spiro atoms. The summed E-state index contributed by atoms with van der Waals surface area (Å²) in [6, 6.07) is 9.67. The summed E-state index contributed by atoms with van der Waals surface area (Å²) < 4.78 is 7.77. The third kappa shape index (κ3) is 3.00. The van der Waals surface area contributed by atoms with Gasteiger partial charge in [-0.15, -0.1) is 0 Å². The maximum Gasteiger partial charge on any atom is 0.229 e. The predicted octanol–water partition coefficient (Wildman–Crippen LogP) is 3.26. The Balaban J connectivity index is 1.34. The van der Waals surface area contributed by atoms with Crippen molar-refractivity contribution in [1.29, 1.82) is 0 Å². The highest BCUT2D eigenvalue weighted by Gasteiger charge is 2.34. The zero-order chi connectivity index (χ0) is 19.3. The first-order valence-corrected chi connectivity index (χ1v) is 9.86. The molecule has 0 N–H and O–H groups in total. The van der Waals surface area contributed by atoms with E-state index in [9.17, 15) is 4.79 Å². The smallest absolute Gasteiger partial charge is 0.229 e. The second-order valence-electron chi connectivity index (χ2n) is 7.65. The SMILES string of the molecule is Cc1oc(-c2ccccc2)nc1CC(=O)N1CCn2nc(C3CC3)nc2[C@H]1C. The molecule has 28 heavy (non-hydrogen) atoms. The van der Waals surface area contributed by atoms with Crippen LogP contribution in [-0.4, -0.2) is 37.1 Å². The molecule has 1 amide bonds. The minimum absolute atomic E-state index is 0.0470. The van der Waals surface area contributed by atoms with Crippen LogP contribution in [0.3, 0.4) is 0 Å². The fourth-order valence-corrected chi connectivity index (χ4v) is 3.78. The maximum absolute atomic E-state index is 13.0. The van der Waals surface area contributed by atoms with Gasteiger partial charge in [-0.2, -0.15) is 5.10 Å². The number of carbonyl (C=O) groups is 1. The molecule has 7 heteroatoms. The molecule has 5 rings (SSSR count). The van der Waals surface area contributed by atoms with Crippen LogP contribution in [-0.2, 0) is 17.8 Å². The van der Waals surface area contributed by atoms with E-state index in [2.05, 4.69) is 10.1 Å². The number of oxazole rings is 1. The third-order valence-corrected chi connectivity index (χ3v) is 5.61. The first kappa shape index (κ1) is 17.2. The number of aryl methyl sites for hydroxylation is 1. The normalized spacial score (nSPS) is 18.9. The van der Waals surface area contributed by atoms with E-state index in [0.29, 0.717) is 36.4 Å². The Kier molecular flexibility index (Phi) is 4.03. The number of hydrogen-bond donors (Lipinski definition) is 0. The fourth-order valence-electron chi connectivity index (χ4n) is 3.78. The molecule has 7 nitrogen and oxygen atoms in total. The number of nitrogens with zero attached hydrogens (tertiary/aromatic N) is 5. The number of amides is 1. The van der Waals surface area contributed by atoms with E-state index in [-0.39, 0.29) is 18.4 Å². The van der Waals surface area contributed by atoms with Gasteiger partial charge in [0.1, 0.15) is 11.6 Å². The van der Waals surface area contributed by atoms with Crippen molar-refractivity contribution in [3.8, 4) is 11.5 Å². The molecule has 1 saturated carbocycles. The Bertz CT molecular complexity index is 1020. The molecule has 2 aromatic heterocycles. The number of carbonyl (C=O) groups excluding carboxylic acids is 1. The zero-order valence-electron chi connectivity index (χ0n) is 16.1. The van der Waals surface area contributed by atoms with Gasteiger partial charge in [0.15, 0.2) is 5.82 Å². The quantitative estimate of drug-likeness (QED) is 0.697. The monoisotopic (exact) mass is 377 g/mol. The molecular formula is C21H23N5O2. The summed E-state index contributed by atoms with van der Waals surface area (Å²) in [5, 5.41) is 4.63. The van der Waals surface area contributed by atoms with E-state index < -0.39 is 0 Å². The zero-order valence-corrected chi connectivity index (χ0v) is 16.1. The summed E-state index contributed by atoms with van der Waals surface area (Å²) in [4.78, 5) is 24.2. The van der Waals surface area contributed by atoms with Gasteiger partial charge in [-0.05, 0) is 38.8 Å². The van der Waals surface area contributed by atoms with Crippen molar-refractivity contribution in [2.75, 3.05) is 6.54 Å². The molecule has 0 saturated heterocycles. The number of benzene rings is 1. The highest BCUT2D eigenvalue weighted by Crippen LogP contribution is 2.39. The van der Waals surface area contributed by atoms with Crippen LogP contribution in [0.25, 0.3) is 11.5 Å². The van der Waals surface area contributed by atoms with Gasteiger partial charge in [-0.3, -0.25) is 4.79 Å². The molecule has 1 atom stereocenters. The number of rotatable bonds is 4. The van der Waals surface area contributed by atoms with Crippen molar-refractivity contribution >= 4 is 5.91 Å². The molecule has 1 aliphatic heterocycles. The molecule has 0 bridgehead atoms. The molecule has 0 unspecified atom stereocenters. The van der Waals surface area contributed by atoms with Gasteiger partial charge in [-0.25, -0.2) is 14.6 Å². The highest BCUT2D eigenvalue weighted by molar-refractivity contribution is 5.79. The molecule has 1 aromatic carbocycles. The van der Waals surface area contributed by atoms with Gasteiger partial charge >= 0.3 is 0 Å². The average Bonchev–Trinajstić information content (AvgIpc) is 3.36. The molecule has 3 heterocycles. The Morgan fingerprint density at radius 3 is 2.71 bits per heavy atom. The summed E-state index contributed by atoms with van der Waals surface area (Å²) in [6.45, 7) is 5.22. The van der Waals surface area contributed by atoms with Crippen LogP contribution in [0.2, 0.25) is 0 Å². The molecule has 0 radical (unpaired) electrons. The summed E-state index contributed by atoms with van der Waals surface area (Å²) in [5.74, 6) is 3.64. The Morgan fingerprint density at radius 2 is 1.96 bits per heavy atom. The van der Waals surface area contributed by atoms with E-state index in [0.717, 1.165) is 17.2 Å². The van der Waals surface area contributed by atoms with E-state index in [1.807, 2.05) is 53.8 Å². The van der Waals surface area contributed by atoms with Crippen molar-refractivity contribution in [3.05, 3.63) is 53.4 Å². The largest absolute Gasteiger partial charge is 0.441 e. The third-order valence-electron chi connectivity index (χ3n) is 5.61. The topological polar surface area (TPSA) is 77.0 Å². The van der Waals surface area contributed by atoms with Gasteiger partial charge in [0.2, 0.25) is 11.8 Å². The van der Waals surface area contributed by atoms with Crippen LogP contribution in [0, 0.1) is 6.92 Å². The van der Waals surface area contributed by atoms with E-state index in [1.54, 1.807) is 0 Å². The van der Waals surface area contributed by atoms with Crippen molar-refractivity contribution in [2.45, 2.75) is 51.6 Å². The van der Waals surface area contributed by atoms with Crippen molar-refractivity contribution in [2.24, 2.45) is 0 Å². The van der Waals surface area contributed by atoms with E-state index in [1.165, 1.54) is 12.8 Å². The number of fused-ring (bicyclic) bond motifs is 1. The van der Waals surface area contributed by atoms with Crippen LogP contribution in [0.1, 0.15) is 54.8 Å². The van der Waals surface area contributed by atoms with Crippen LogP contribution in [0.4, 0.5) is 0 Å². The molecule has 1 fully saturated rings. The lowest BCUT2D eigenvalue weighted by Crippen LogP contribution is -2.42. The lowest BCUT2D eigenvalue weighted by atomic mass is 10.1. The molecule has 2 aliphatic rings. The number of aromatic nitrogens is 4. The van der Waals surface area contributed by atoms with Crippen LogP contribution in [0.15, 0.2) is 34.7 Å². The van der Waals surface area contributed by atoms with E-state index in [4.69, 9.17) is 9.40 Å². The summed E-state index contributed by atoms with van der Waals surface area (Å²) in [7, 11) is 0. The first-order valence-electron chi connectivity index (χ1n) is 9.86. The summed E-state index contributed by atoms with van der Waals surface area (Å²) in [5.41, 5.74) is 1.61. The van der Waals surface area contributed by atoms with Gasteiger partial charge in [0, 0.05) is 18.0 Å². The van der Waals surface area contributed by atoms with Gasteiger partial charge in [0.05, 0.1) is 24.7 Å². The van der Waals surface area contributed by atoms with Gasteiger partial charge < -0.3 is 9.32 Å². The number of hydrogen-bond acceptors (Lipinski definition) is 5. The maximum atomic E-state index is 13.0. The van der Waals surface area contributed by atoms with Crippen LogP contribution < -0.4 is 0 Å². The molecule has 144 valence electrons.